The third-order valence-electron chi connectivity index (χ3n) is 1.84. The molecule has 0 unspecified atom stereocenters. The van der Waals surface area contributed by atoms with Crippen LogP contribution in [0.4, 0.5) is 4.39 Å². The van der Waals surface area contributed by atoms with E-state index in [1.165, 1.54) is 13.2 Å². The van der Waals surface area contributed by atoms with E-state index < -0.39 is 0 Å². The standard InChI is InChI=1S/C10H13FO2/c1-13-10-5-4-8(3-2-6-12)7-9(10)11/h4-5,7,12H,2-3,6H2,1H3. The van der Waals surface area contributed by atoms with Gasteiger partial charge in [0.25, 0.3) is 0 Å². The molecule has 1 N–H and O–H groups in total. The van der Waals surface area contributed by atoms with Gasteiger partial charge >= 0.3 is 0 Å². The molecule has 1 rings (SSSR count). The summed E-state index contributed by atoms with van der Waals surface area (Å²) in [6.07, 6.45) is 1.35. The summed E-state index contributed by atoms with van der Waals surface area (Å²) in [6, 6.07) is 4.84. The Labute approximate surface area is 77.0 Å². The van der Waals surface area contributed by atoms with E-state index in [2.05, 4.69) is 0 Å². The van der Waals surface area contributed by atoms with Crippen LogP contribution >= 0.6 is 0 Å². The number of aliphatic hydroxyl groups is 1. The first-order valence-corrected chi connectivity index (χ1v) is 4.21. The number of aryl methyl sites for hydroxylation is 1. The minimum absolute atomic E-state index is 0.133. The summed E-state index contributed by atoms with van der Waals surface area (Å²) in [6.45, 7) is 0.133. The Morgan fingerprint density at radius 2 is 2.23 bits per heavy atom. The van der Waals surface area contributed by atoms with E-state index in [0.29, 0.717) is 12.8 Å². The van der Waals surface area contributed by atoms with Crippen molar-refractivity contribution in [3.63, 3.8) is 0 Å². The van der Waals surface area contributed by atoms with Crippen LogP contribution in [0.5, 0.6) is 5.75 Å². The van der Waals surface area contributed by atoms with Crippen LogP contribution in [0.25, 0.3) is 0 Å². The van der Waals surface area contributed by atoms with E-state index in [9.17, 15) is 4.39 Å². The lowest BCUT2D eigenvalue weighted by Gasteiger charge is -2.03. The molecule has 0 saturated heterocycles. The molecule has 0 radical (unpaired) electrons. The van der Waals surface area contributed by atoms with Gasteiger partial charge in [0.1, 0.15) is 0 Å². The minimum atomic E-state index is -0.349. The van der Waals surface area contributed by atoms with Crippen molar-refractivity contribution in [2.75, 3.05) is 13.7 Å². The van der Waals surface area contributed by atoms with Crippen molar-refractivity contribution in [2.45, 2.75) is 12.8 Å². The molecular formula is C10H13FO2. The average molecular weight is 184 g/mol. The Morgan fingerprint density at radius 3 is 2.77 bits per heavy atom. The lowest BCUT2D eigenvalue weighted by molar-refractivity contribution is 0.288. The fourth-order valence-electron chi connectivity index (χ4n) is 1.15. The molecule has 1 aromatic carbocycles. The molecular weight excluding hydrogens is 171 g/mol. The first kappa shape index (κ1) is 9.99. The summed E-state index contributed by atoms with van der Waals surface area (Å²) < 4.78 is 17.9. The molecule has 2 nitrogen and oxygen atoms in total. The summed E-state index contributed by atoms with van der Waals surface area (Å²) in [5.41, 5.74) is 0.882. The van der Waals surface area contributed by atoms with E-state index >= 15 is 0 Å². The molecule has 0 fully saturated rings. The molecule has 0 atom stereocenters. The Hall–Kier alpha value is -1.09. The number of benzene rings is 1. The van der Waals surface area contributed by atoms with E-state index in [-0.39, 0.29) is 18.2 Å². The number of aliphatic hydroxyl groups excluding tert-OH is 1. The molecule has 0 spiro atoms. The maximum absolute atomic E-state index is 13.1. The van der Waals surface area contributed by atoms with Crippen LogP contribution in [-0.4, -0.2) is 18.8 Å². The Morgan fingerprint density at radius 1 is 1.46 bits per heavy atom. The average Bonchev–Trinajstić information content (AvgIpc) is 2.15. The molecule has 0 aliphatic carbocycles. The van der Waals surface area contributed by atoms with E-state index in [1.807, 2.05) is 0 Å². The number of hydrogen-bond acceptors (Lipinski definition) is 2. The zero-order chi connectivity index (χ0) is 9.68. The number of methoxy groups -OCH3 is 1. The van der Waals surface area contributed by atoms with Crippen molar-refractivity contribution in [2.24, 2.45) is 0 Å². The molecule has 3 heteroatoms. The largest absolute Gasteiger partial charge is 0.494 e. The summed E-state index contributed by atoms with van der Waals surface area (Å²) in [5, 5.41) is 8.58. The molecule has 0 amide bonds. The van der Waals surface area contributed by atoms with Gasteiger partial charge in [0.2, 0.25) is 0 Å². The van der Waals surface area contributed by atoms with Crippen LogP contribution in [0.15, 0.2) is 18.2 Å². The molecule has 0 aliphatic rings. The van der Waals surface area contributed by atoms with Gasteiger partial charge in [-0.2, -0.15) is 0 Å². The van der Waals surface area contributed by atoms with Gasteiger partial charge in [0.15, 0.2) is 11.6 Å². The highest BCUT2D eigenvalue weighted by atomic mass is 19.1. The van der Waals surface area contributed by atoms with Crippen molar-refractivity contribution in [3.8, 4) is 5.75 Å². The first-order valence-electron chi connectivity index (χ1n) is 4.21. The van der Waals surface area contributed by atoms with E-state index in [4.69, 9.17) is 9.84 Å². The highest BCUT2D eigenvalue weighted by Crippen LogP contribution is 2.18. The summed E-state index contributed by atoms with van der Waals surface area (Å²) in [7, 11) is 1.44. The summed E-state index contributed by atoms with van der Waals surface area (Å²) >= 11 is 0. The number of rotatable bonds is 4. The van der Waals surface area contributed by atoms with E-state index in [0.717, 1.165) is 5.56 Å². The molecule has 72 valence electrons. The van der Waals surface area contributed by atoms with Gasteiger partial charge in [-0.05, 0) is 30.5 Å². The topological polar surface area (TPSA) is 29.5 Å². The maximum atomic E-state index is 13.1. The fraction of sp³-hybridized carbons (Fsp3) is 0.400. The minimum Gasteiger partial charge on any atom is -0.494 e. The molecule has 1 aromatic rings. The Balaban J connectivity index is 2.71. The van der Waals surface area contributed by atoms with Gasteiger partial charge in [-0.3, -0.25) is 0 Å². The van der Waals surface area contributed by atoms with Crippen molar-refractivity contribution in [1.29, 1.82) is 0 Å². The smallest absolute Gasteiger partial charge is 0.165 e. The second kappa shape index (κ2) is 4.82. The zero-order valence-corrected chi connectivity index (χ0v) is 7.59. The number of hydrogen-bond donors (Lipinski definition) is 1. The lowest BCUT2D eigenvalue weighted by Crippen LogP contribution is -1.93. The van der Waals surface area contributed by atoms with Crippen LogP contribution in [0, 0.1) is 5.82 Å². The quantitative estimate of drug-likeness (QED) is 0.772. The Bertz CT molecular complexity index is 274. The molecule has 0 aromatic heterocycles. The summed E-state index contributed by atoms with van der Waals surface area (Å²) in [4.78, 5) is 0. The third kappa shape index (κ3) is 2.70. The molecule has 0 saturated carbocycles. The molecule has 13 heavy (non-hydrogen) atoms. The van der Waals surface area contributed by atoms with Crippen molar-refractivity contribution < 1.29 is 14.2 Å². The zero-order valence-electron chi connectivity index (χ0n) is 7.59. The van der Waals surface area contributed by atoms with Crippen LogP contribution in [0.3, 0.4) is 0 Å². The third-order valence-corrected chi connectivity index (χ3v) is 1.84. The Kier molecular flexibility index (Phi) is 3.71. The van der Waals surface area contributed by atoms with Gasteiger partial charge in [0.05, 0.1) is 7.11 Å². The monoisotopic (exact) mass is 184 g/mol. The van der Waals surface area contributed by atoms with Gasteiger partial charge in [-0.15, -0.1) is 0 Å². The molecule has 0 bridgehead atoms. The van der Waals surface area contributed by atoms with Crippen molar-refractivity contribution in [1.82, 2.24) is 0 Å². The lowest BCUT2D eigenvalue weighted by atomic mass is 10.1. The normalized spacial score (nSPS) is 10.1. The number of ether oxygens (including phenoxy) is 1. The second-order valence-electron chi connectivity index (χ2n) is 2.80. The van der Waals surface area contributed by atoms with E-state index in [1.54, 1.807) is 12.1 Å². The second-order valence-corrected chi connectivity index (χ2v) is 2.80. The molecule has 0 heterocycles. The van der Waals surface area contributed by atoms with Crippen LogP contribution in [0.2, 0.25) is 0 Å². The first-order chi connectivity index (χ1) is 6.27. The van der Waals surface area contributed by atoms with Gasteiger partial charge in [-0.25, -0.2) is 4.39 Å². The SMILES string of the molecule is COc1ccc(CCCO)cc1F. The van der Waals surface area contributed by atoms with Gasteiger partial charge in [0, 0.05) is 6.61 Å². The van der Waals surface area contributed by atoms with Crippen LogP contribution in [-0.2, 0) is 6.42 Å². The predicted molar refractivity (Wildman–Crippen MR) is 48.4 cm³/mol. The van der Waals surface area contributed by atoms with Gasteiger partial charge in [-0.1, -0.05) is 6.07 Å². The highest BCUT2D eigenvalue weighted by molar-refractivity contribution is 5.29. The van der Waals surface area contributed by atoms with Crippen molar-refractivity contribution >= 4 is 0 Å². The number of halogens is 1. The van der Waals surface area contributed by atoms with Crippen molar-refractivity contribution in [3.05, 3.63) is 29.6 Å². The van der Waals surface area contributed by atoms with Crippen LogP contribution < -0.4 is 4.74 Å². The summed E-state index contributed by atoms with van der Waals surface area (Å²) in [5.74, 6) is -0.0920. The maximum Gasteiger partial charge on any atom is 0.165 e. The van der Waals surface area contributed by atoms with Crippen LogP contribution in [0.1, 0.15) is 12.0 Å². The predicted octanol–water partition coefficient (Wildman–Crippen LogP) is 1.76. The highest BCUT2D eigenvalue weighted by Gasteiger charge is 2.02. The fourth-order valence-corrected chi connectivity index (χ4v) is 1.15. The van der Waals surface area contributed by atoms with Gasteiger partial charge < -0.3 is 9.84 Å². The molecule has 0 aliphatic heterocycles.